The van der Waals surface area contributed by atoms with Crippen molar-refractivity contribution in [1.82, 2.24) is 30.7 Å². The molecular formula is C40H43N7O7. The fourth-order valence-electron chi connectivity index (χ4n) is 6.98. The third kappa shape index (κ3) is 9.06. The topological polar surface area (TPSA) is 187 Å². The molecule has 7 amide bonds. The molecule has 2 saturated heterocycles. The maximum atomic E-state index is 13.3. The summed E-state index contributed by atoms with van der Waals surface area (Å²) in [6, 6.07) is 14.0. The van der Waals surface area contributed by atoms with Crippen molar-refractivity contribution in [2.45, 2.75) is 51.0 Å². The van der Waals surface area contributed by atoms with E-state index in [1.807, 2.05) is 17.0 Å². The first kappa shape index (κ1) is 37.6. The molecule has 0 aliphatic carbocycles. The largest absolute Gasteiger partial charge is 0.383 e. The highest BCUT2D eigenvalue weighted by atomic mass is 16.2. The van der Waals surface area contributed by atoms with Crippen LogP contribution >= 0.6 is 0 Å². The second-order valence-corrected chi connectivity index (χ2v) is 13.6. The molecule has 3 aliphatic heterocycles. The van der Waals surface area contributed by atoms with E-state index in [1.165, 1.54) is 12.1 Å². The van der Waals surface area contributed by atoms with E-state index in [-0.39, 0.29) is 54.8 Å². The Balaban J connectivity index is 0.885. The number of nitrogens with zero attached hydrogens (tertiary/aromatic N) is 3. The van der Waals surface area contributed by atoms with Crippen molar-refractivity contribution in [2.75, 3.05) is 38.0 Å². The smallest absolute Gasteiger partial charge is 0.264 e. The Labute approximate surface area is 312 Å². The number of likely N-dealkylation sites (tertiary alicyclic amines) is 1. The average Bonchev–Trinajstić information content (AvgIpc) is 3.45. The molecule has 4 N–H and O–H groups in total. The highest BCUT2D eigenvalue weighted by Gasteiger charge is 2.45. The molecule has 6 rings (SSSR count). The Kier molecular flexibility index (Phi) is 12.2. The monoisotopic (exact) mass is 733 g/mol. The van der Waals surface area contributed by atoms with Crippen LogP contribution in [0.25, 0.3) is 6.08 Å². The van der Waals surface area contributed by atoms with Crippen molar-refractivity contribution >= 4 is 53.1 Å². The number of hydrogen-bond acceptors (Lipinski definition) is 9. The van der Waals surface area contributed by atoms with Crippen LogP contribution in [0.4, 0.5) is 5.69 Å². The summed E-state index contributed by atoms with van der Waals surface area (Å²) in [6.07, 6.45) is 11.5. The number of rotatable bonds is 14. The van der Waals surface area contributed by atoms with Crippen molar-refractivity contribution in [3.8, 4) is 0 Å². The molecule has 2 fully saturated rings. The van der Waals surface area contributed by atoms with Crippen LogP contribution in [0.5, 0.6) is 0 Å². The molecule has 280 valence electrons. The van der Waals surface area contributed by atoms with E-state index >= 15 is 0 Å². The molecule has 0 saturated carbocycles. The first-order valence-electron chi connectivity index (χ1n) is 18.3. The Morgan fingerprint density at radius 1 is 0.833 bits per heavy atom. The van der Waals surface area contributed by atoms with Crippen LogP contribution in [0.3, 0.4) is 0 Å². The minimum absolute atomic E-state index is 0.0345. The zero-order valence-corrected chi connectivity index (χ0v) is 29.8. The van der Waals surface area contributed by atoms with E-state index < -0.39 is 29.7 Å². The van der Waals surface area contributed by atoms with Crippen molar-refractivity contribution in [3.05, 3.63) is 101 Å². The summed E-state index contributed by atoms with van der Waals surface area (Å²) in [5, 5.41) is 11.0. The van der Waals surface area contributed by atoms with Crippen molar-refractivity contribution in [1.29, 1.82) is 0 Å². The number of amides is 7. The molecule has 0 bridgehead atoms. The third-order valence-corrected chi connectivity index (χ3v) is 9.94. The summed E-state index contributed by atoms with van der Waals surface area (Å²) in [5.74, 6) is -2.30. The zero-order chi connectivity index (χ0) is 38.0. The lowest BCUT2D eigenvalue weighted by Crippen LogP contribution is -2.54. The van der Waals surface area contributed by atoms with E-state index in [4.69, 9.17) is 0 Å². The lowest BCUT2D eigenvalue weighted by molar-refractivity contribution is -0.136. The van der Waals surface area contributed by atoms with Crippen LogP contribution in [0, 0.1) is 5.92 Å². The number of pyridine rings is 1. The summed E-state index contributed by atoms with van der Waals surface area (Å²) >= 11 is 0. The number of hydrogen-bond donors (Lipinski definition) is 4. The molecule has 4 heterocycles. The molecule has 1 atom stereocenters. The van der Waals surface area contributed by atoms with Crippen LogP contribution in [0.1, 0.15) is 91.9 Å². The van der Waals surface area contributed by atoms with Gasteiger partial charge in [0.25, 0.3) is 23.6 Å². The van der Waals surface area contributed by atoms with Crippen LogP contribution < -0.4 is 21.3 Å². The van der Waals surface area contributed by atoms with Crippen molar-refractivity contribution < 1.29 is 33.6 Å². The van der Waals surface area contributed by atoms with E-state index in [0.29, 0.717) is 42.4 Å². The van der Waals surface area contributed by atoms with Gasteiger partial charge in [0.05, 0.1) is 11.1 Å². The minimum atomic E-state index is -1.06. The molecule has 14 nitrogen and oxygen atoms in total. The molecule has 1 unspecified atom stereocenters. The third-order valence-electron chi connectivity index (χ3n) is 9.94. The number of carbonyl (C=O) groups is 7. The SMILES string of the molecule is O=C(/C=C/c1cccnc1)NCCCCC1CCN(C(=O)c2ccc(C(=O)NCCNc3cccc4c3C(=O)N(C3CCC(=O)NC3=O)C4=O)cc2)CC1. The van der Waals surface area contributed by atoms with Gasteiger partial charge in [0.15, 0.2) is 0 Å². The lowest BCUT2D eigenvalue weighted by Gasteiger charge is -2.32. The van der Waals surface area contributed by atoms with Gasteiger partial charge in [-0.3, -0.25) is 48.8 Å². The number of aromatic nitrogens is 1. The normalized spacial score (nSPS) is 17.4. The first-order valence-corrected chi connectivity index (χ1v) is 18.3. The summed E-state index contributed by atoms with van der Waals surface area (Å²) in [5.41, 5.74) is 2.49. The molecule has 1 aromatic heterocycles. The number of nitrogens with one attached hydrogen (secondary N) is 4. The number of piperidine rings is 2. The predicted molar refractivity (Wildman–Crippen MR) is 199 cm³/mol. The second kappa shape index (κ2) is 17.6. The predicted octanol–water partition coefficient (Wildman–Crippen LogP) is 3.18. The van der Waals surface area contributed by atoms with Gasteiger partial charge in [-0.05, 0) is 85.7 Å². The number of carbonyl (C=O) groups excluding carboxylic acids is 7. The van der Waals surface area contributed by atoms with E-state index in [9.17, 15) is 33.6 Å². The molecule has 3 aromatic rings. The minimum Gasteiger partial charge on any atom is -0.383 e. The summed E-state index contributed by atoms with van der Waals surface area (Å²) in [4.78, 5) is 95.2. The maximum absolute atomic E-state index is 13.3. The second-order valence-electron chi connectivity index (χ2n) is 13.6. The van der Waals surface area contributed by atoms with Crippen LogP contribution in [0.15, 0.2) is 73.1 Å². The number of anilines is 1. The van der Waals surface area contributed by atoms with E-state index in [1.54, 1.807) is 54.9 Å². The Morgan fingerprint density at radius 3 is 2.35 bits per heavy atom. The molecule has 54 heavy (non-hydrogen) atoms. The quantitative estimate of drug-likeness (QED) is 0.110. The van der Waals surface area contributed by atoms with Gasteiger partial charge in [-0.25, -0.2) is 0 Å². The molecule has 3 aliphatic rings. The number of unbranched alkanes of at least 4 members (excludes halogenated alkanes) is 1. The highest BCUT2D eigenvalue weighted by molar-refractivity contribution is 6.25. The van der Waals surface area contributed by atoms with Crippen LogP contribution in [0.2, 0.25) is 0 Å². The highest BCUT2D eigenvalue weighted by Crippen LogP contribution is 2.32. The molecular weight excluding hydrogens is 690 g/mol. The Morgan fingerprint density at radius 2 is 1.61 bits per heavy atom. The van der Waals surface area contributed by atoms with Gasteiger partial charge in [0.2, 0.25) is 17.7 Å². The Bertz CT molecular complexity index is 1940. The van der Waals surface area contributed by atoms with Gasteiger partial charge >= 0.3 is 0 Å². The van der Waals surface area contributed by atoms with Gasteiger partial charge in [-0.2, -0.15) is 0 Å². The summed E-state index contributed by atoms with van der Waals surface area (Å²) in [6.45, 7) is 2.42. The van der Waals surface area contributed by atoms with Crippen molar-refractivity contribution in [3.63, 3.8) is 0 Å². The van der Waals surface area contributed by atoms with Gasteiger partial charge in [0, 0.05) is 74.4 Å². The van der Waals surface area contributed by atoms with E-state index in [2.05, 4.69) is 26.3 Å². The van der Waals surface area contributed by atoms with Gasteiger partial charge in [-0.15, -0.1) is 0 Å². The maximum Gasteiger partial charge on any atom is 0.264 e. The zero-order valence-electron chi connectivity index (χ0n) is 29.8. The number of imide groups is 2. The van der Waals surface area contributed by atoms with Crippen molar-refractivity contribution in [2.24, 2.45) is 5.92 Å². The standard InChI is InChI=1S/C40H43N7O7/c48-33(15-9-27-6-4-19-41-25-27)43-20-2-1-5-26-17-23-46(24-18-26)38(52)29-12-10-28(11-13-29)36(50)44-22-21-42-31-8-3-7-30-35(31)40(54)47(39(30)53)32-14-16-34(49)45-37(32)51/h3-4,6-13,15,19,25-26,32,42H,1-2,5,14,16-18,20-24H2,(H,43,48)(H,44,50)(H,45,49,51)/b15-9+. The van der Waals surface area contributed by atoms with Gasteiger partial charge in [-0.1, -0.05) is 25.0 Å². The molecule has 14 heteroatoms. The summed E-state index contributed by atoms with van der Waals surface area (Å²) in [7, 11) is 0. The van der Waals surface area contributed by atoms with Crippen LogP contribution in [-0.4, -0.2) is 94.9 Å². The molecule has 0 radical (unpaired) electrons. The van der Waals surface area contributed by atoms with Crippen LogP contribution in [-0.2, 0) is 14.4 Å². The van der Waals surface area contributed by atoms with Gasteiger partial charge in [0.1, 0.15) is 6.04 Å². The Hall–Kier alpha value is -6.18. The number of benzene rings is 2. The van der Waals surface area contributed by atoms with Gasteiger partial charge < -0.3 is 20.9 Å². The average molecular weight is 734 g/mol. The molecule has 0 spiro atoms. The number of fused-ring (bicyclic) bond motifs is 1. The fraction of sp³-hybridized carbons (Fsp3) is 0.350. The molecule has 2 aromatic carbocycles. The first-order chi connectivity index (χ1) is 26.2. The fourth-order valence-corrected chi connectivity index (χ4v) is 6.98. The van der Waals surface area contributed by atoms with E-state index in [0.717, 1.165) is 42.6 Å². The summed E-state index contributed by atoms with van der Waals surface area (Å²) < 4.78 is 0. The lowest BCUT2D eigenvalue weighted by atomic mass is 9.91.